The summed E-state index contributed by atoms with van der Waals surface area (Å²) in [4.78, 5) is 40.8. The summed E-state index contributed by atoms with van der Waals surface area (Å²) in [6, 6.07) is 16.7. The van der Waals surface area contributed by atoms with Gasteiger partial charge in [0, 0.05) is 57.4 Å². The highest BCUT2D eigenvalue weighted by Crippen LogP contribution is 2.45. The molecule has 3 aromatic carbocycles. The highest BCUT2D eigenvalue weighted by Gasteiger charge is 2.44. The number of hydrogen-bond acceptors (Lipinski definition) is 8. The van der Waals surface area contributed by atoms with Crippen LogP contribution in [0.2, 0.25) is 0 Å². The minimum atomic E-state index is -1.28. The number of methoxy groups -OCH3 is 1. The topological polar surface area (TPSA) is 129 Å². The Morgan fingerprint density at radius 2 is 1.60 bits per heavy atom. The van der Waals surface area contributed by atoms with E-state index in [0.29, 0.717) is 86.9 Å². The molecule has 0 bridgehead atoms. The minimum Gasteiger partial charge on any atom is -0.465 e. The summed E-state index contributed by atoms with van der Waals surface area (Å²) in [6.45, 7) is 2.40. The molecular weight excluding hydrogens is 538 g/mol. The molecule has 10 nitrogen and oxygen atoms in total. The lowest BCUT2D eigenvalue weighted by molar-refractivity contribution is -0.0438. The van der Waals surface area contributed by atoms with E-state index in [-0.39, 0.29) is 12.0 Å². The Morgan fingerprint density at radius 3 is 2.29 bits per heavy atom. The second kappa shape index (κ2) is 13.0. The van der Waals surface area contributed by atoms with Crippen LogP contribution in [0.25, 0.3) is 0 Å². The molecule has 3 atom stereocenters. The number of nitrogens with one attached hydrogen (secondary N) is 1. The molecule has 224 valence electrons. The zero-order valence-corrected chi connectivity index (χ0v) is 24.0. The van der Waals surface area contributed by atoms with Gasteiger partial charge in [0.1, 0.15) is 22.9 Å². The Labute approximate surface area is 245 Å². The maximum absolute atomic E-state index is 13.0. The molecule has 2 unspecified atom stereocenters. The minimum absolute atomic E-state index is 0.247. The van der Waals surface area contributed by atoms with Crippen LogP contribution in [0.5, 0.6) is 11.5 Å². The van der Waals surface area contributed by atoms with Gasteiger partial charge in [0.15, 0.2) is 0 Å². The van der Waals surface area contributed by atoms with Crippen LogP contribution in [-0.2, 0) is 10.3 Å². The van der Waals surface area contributed by atoms with Crippen LogP contribution >= 0.6 is 0 Å². The second-order valence-corrected chi connectivity index (χ2v) is 11.3. The Balaban J connectivity index is 1.43. The quantitative estimate of drug-likeness (QED) is 0.230. The lowest BCUT2D eigenvalue weighted by Gasteiger charge is -2.45. The van der Waals surface area contributed by atoms with Crippen LogP contribution < -0.4 is 30.7 Å². The van der Waals surface area contributed by atoms with Crippen LogP contribution in [0.4, 0.5) is 16.2 Å². The van der Waals surface area contributed by atoms with E-state index in [9.17, 15) is 24.6 Å². The van der Waals surface area contributed by atoms with Crippen molar-refractivity contribution < 1.29 is 24.5 Å². The lowest BCUT2D eigenvalue weighted by Crippen LogP contribution is -2.55. The monoisotopic (exact) mass is 577 g/mol. The summed E-state index contributed by atoms with van der Waals surface area (Å²) in [5.41, 5.74) is -0.890. The van der Waals surface area contributed by atoms with Gasteiger partial charge in [0.2, 0.25) is 0 Å². The van der Waals surface area contributed by atoms with E-state index in [1.165, 1.54) is 0 Å². The van der Waals surface area contributed by atoms with Crippen LogP contribution in [-0.4, -0.2) is 62.2 Å². The zero-order chi connectivity index (χ0) is 29.7. The molecule has 0 spiro atoms. The van der Waals surface area contributed by atoms with Gasteiger partial charge in [-0.3, -0.25) is 9.59 Å². The average Bonchev–Trinajstić information content (AvgIpc) is 3.00. The van der Waals surface area contributed by atoms with Crippen molar-refractivity contribution >= 4 is 17.5 Å². The van der Waals surface area contributed by atoms with Gasteiger partial charge in [0.05, 0.1) is 5.60 Å². The van der Waals surface area contributed by atoms with E-state index in [0.717, 1.165) is 12.8 Å². The molecular formula is C32H39N3O7. The second-order valence-electron chi connectivity index (χ2n) is 11.3. The molecule has 10 heteroatoms. The SMILES string of the molecule is COCCC[C@@](O)(c1ccccc1Oc1ccccc1)C1CCCN(c2c(N3CCCC(NC(=O)O)C3)c(=O)c2=O)C1. The van der Waals surface area contributed by atoms with E-state index in [4.69, 9.17) is 9.47 Å². The number of nitrogens with zero attached hydrogens (tertiary/aromatic N) is 2. The predicted molar refractivity (Wildman–Crippen MR) is 161 cm³/mol. The third-order valence-corrected chi connectivity index (χ3v) is 8.57. The first kappa shape index (κ1) is 29.6. The number of anilines is 2. The van der Waals surface area contributed by atoms with Crippen molar-refractivity contribution in [3.8, 4) is 11.5 Å². The van der Waals surface area contributed by atoms with E-state index in [1.54, 1.807) is 7.11 Å². The summed E-state index contributed by atoms with van der Waals surface area (Å²) in [5.74, 6) is 0.990. The molecule has 2 heterocycles. The van der Waals surface area contributed by atoms with Gasteiger partial charge in [-0.1, -0.05) is 36.4 Å². The molecule has 3 aromatic rings. The average molecular weight is 578 g/mol. The largest absolute Gasteiger partial charge is 0.465 e. The Bertz CT molecular complexity index is 1440. The van der Waals surface area contributed by atoms with Crippen LogP contribution in [0.15, 0.2) is 64.2 Å². The molecule has 2 aliphatic heterocycles. The smallest absolute Gasteiger partial charge is 0.404 e. The standard InChI is InChI=1S/C32H39N3O7/c1-41-19-9-16-32(40,25-14-5-6-15-26(25)42-24-12-3-2-4-13-24)22-10-7-17-34(20-22)27-28(30(37)29(27)36)35-18-8-11-23(21-35)33-31(38)39/h2-6,12-15,22-23,33,40H,7-11,16-21H2,1H3,(H,38,39)/t22?,23?,32-/m0/s1. The fourth-order valence-corrected chi connectivity index (χ4v) is 6.57. The van der Waals surface area contributed by atoms with Crippen LogP contribution in [0.1, 0.15) is 44.1 Å². The van der Waals surface area contributed by atoms with E-state index >= 15 is 0 Å². The van der Waals surface area contributed by atoms with Gasteiger partial charge >= 0.3 is 6.09 Å². The molecule has 1 amide bonds. The Morgan fingerprint density at radius 1 is 0.952 bits per heavy atom. The number of hydrogen-bond donors (Lipinski definition) is 3. The van der Waals surface area contributed by atoms with Gasteiger partial charge in [-0.25, -0.2) is 4.79 Å². The van der Waals surface area contributed by atoms with Crippen molar-refractivity contribution in [2.24, 2.45) is 5.92 Å². The number of ether oxygens (including phenoxy) is 2. The molecule has 0 saturated carbocycles. The lowest BCUT2D eigenvalue weighted by atomic mass is 9.73. The van der Waals surface area contributed by atoms with Crippen molar-refractivity contribution in [2.75, 3.05) is 49.7 Å². The van der Waals surface area contributed by atoms with Crippen molar-refractivity contribution in [2.45, 2.75) is 50.2 Å². The first-order valence-corrected chi connectivity index (χ1v) is 14.7. The summed E-state index contributed by atoms with van der Waals surface area (Å²) in [7, 11) is 1.64. The fraction of sp³-hybridized carbons (Fsp3) is 0.469. The van der Waals surface area contributed by atoms with E-state index in [1.807, 2.05) is 64.4 Å². The number of rotatable bonds is 11. The third-order valence-electron chi connectivity index (χ3n) is 8.57. The van der Waals surface area contributed by atoms with Crippen molar-refractivity contribution in [3.05, 3.63) is 80.6 Å². The predicted octanol–water partition coefficient (Wildman–Crippen LogP) is 3.84. The maximum atomic E-state index is 13.0. The number of amides is 1. The number of benzene rings is 2. The van der Waals surface area contributed by atoms with Crippen molar-refractivity contribution in [1.29, 1.82) is 0 Å². The van der Waals surface area contributed by atoms with Gasteiger partial charge < -0.3 is 34.8 Å². The first-order valence-electron chi connectivity index (χ1n) is 14.7. The zero-order valence-electron chi connectivity index (χ0n) is 24.0. The van der Waals surface area contributed by atoms with Gasteiger partial charge in [-0.2, -0.15) is 0 Å². The fourth-order valence-electron chi connectivity index (χ4n) is 6.57. The first-order chi connectivity index (χ1) is 20.3. The number of piperidine rings is 2. The van der Waals surface area contributed by atoms with Gasteiger partial charge in [-0.15, -0.1) is 0 Å². The van der Waals surface area contributed by atoms with Crippen LogP contribution in [0.3, 0.4) is 0 Å². The number of carbonyl (C=O) groups is 1. The summed E-state index contributed by atoms with van der Waals surface area (Å²) < 4.78 is 11.6. The molecule has 2 aliphatic rings. The maximum Gasteiger partial charge on any atom is 0.404 e. The third kappa shape index (κ3) is 6.15. The summed E-state index contributed by atoms with van der Waals surface area (Å²) in [5, 5.41) is 24.2. The highest BCUT2D eigenvalue weighted by atomic mass is 16.5. The molecule has 5 rings (SSSR count). The molecule has 2 fully saturated rings. The summed E-state index contributed by atoms with van der Waals surface area (Å²) in [6.07, 6.45) is 2.82. The molecule has 0 radical (unpaired) electrons. The number of carboxylic acid groups (broad SMARTS) is 1. The number of para-hydroxylation sites is 2. The van der Waals surface area contributed by atoms with Crippen LogP contribution in [0, 0.1) is 5.92 Å². The Kier molecular flexibility index (Phi) is 9.13. The molecule has 3 N–H and O–H groups in total. The molecule has 0 aromatic heterocycles. The van der Waals surface area contributed by atoms with Gasteiger partial charge in [-0.05, 0) is 56.7 Å². The van der Waals surface area contributed by atoms with E-state index in [2.05, 4.69) is 5.32 Å². The highest BCUT2D eigenvalue weighted by molar-refractivity contribution is 5.77. The number of aliphatic hydroxyl groups is 1. The molecule has 2 saturated heterocycles. The summed E-state index contributed by atoms with van der Waals surface area (Å²) >= 11 is 0. The molecule has 0 aliphatic carbocycles. The molecule has 42 heavy (non-hydrogen) atoms. The van der Waals surface area contributed by atoms with Gasteiger partial charge in [0.25, 0.3) is 10.9 Å². The van der Waals surface area contributed by atoms with E-state index < -0.39 is 22.6 Å². The normalized spacial score (nSPS) is 20.7. The van der Waals surface area contributed by atoms with Crippen molar-refractivity contribution in [3.63, 3.8) is 0 Å². The Hall–Kier alpha value is -3.89. The van der Waals surface area contributed by atoms with Crippen molar-refractivity contribution in [1.82, 2.24) is 5.32 Å².